The zero-order valence-corrected chi connectivity index (χ0v) is 12.5. The molecule has 0 atom stereocenters. The third-order valence-corrected chi connectivity index (χ3v) is 5.26. The second-order valence-electron chi connectivity index (χ2n) is 3.89. The maximum absolute atomic E-state index is 13.3. The average Bonchev–Trinajstić information content (AvgIpc) is 2.39. The smallest absolute Gasteiger partial charge is 0.214 e. The molecule has 0 saturated carbocycles. The van der Waals surface area contributed by atoms with Gasteiger partial charge in [-0.25, -0.2) is 39.5 Å². The molecule has 0 aliphatic carbocycles. The lowest BCUT2D eigenvalue weighted by molar-refractivity contribution is 0.481. The molecule has 120 valence electrons. The lowest BCUT2D eigenvalue weighted by Crippen LogP contribution is -2.35. The minimum atomic E-state index is -4.42. The molecule has 0 aliphatic heterocycles. The van der Waals surface area contributed by atoms with Crippen molar-refractivity contribution >= 4 is 20.0 Å². The first-order valence-corrected chi connectivity index (χ1v) is 8.84. The summed E-state index contributed by atoms with van der Waals surface area (Å²) in [5, 5.41) is 0. The molecule has 1 aromatic rings. The van der Waals surface area contributed by atoms with Gasteiger partial charge < -0.3 is 0 Å². The van der Waals surface area contributed by atoms with E-state index in [1.807, 2.05) is 4.72 Å². The van der Waals surface area contributed by atoms with Gasteiger partial charge in [-0.05, 0) is 13.0 Å². The lowest BCUT2D eigenvalue weighted by Gasteiger charge is -2.09. The van der Waals surface area contributed by atoms with Gasteiger partial charge in [0.05, 0.1) is 5.75 Å². The average molecular weight is 346 g/mol. The van der Waals surface area contributed by atoms with E-state index in [1.54, 1.807) is 0 Å². The highest BCUT2D eigenvalue weighted by atomic mass is 32.2. The molecule has 0 radical (unpaired) electrons. The molecule has 0 aliphatic rings. The van der Waals surface area contributed by atoms with Crippen molar-refractivity contribution in [1.29, 1.82) is 0 Å². The Morgan fingerprint density at radius 1 is 0.905 bits per heavy atom. The maximum Gasteiger partial charge on any atom is 0.243 e. The predicted molar refractivity (Wildman–Crippen MR) is 69.0 cm³/mol. The van der Waals surface area contributed by atoms with Crippen molar-refractivity contribution in [3.8, 4) is 0 Å². The highest BCUT2D eigenvalue weighted by Crippen LogP contribution is 2.18. The van der Waals surface area contributed by atoms with Gasteiger partial charge in [-0.15, -0.1) is 0 Å². The van der Waals surface area contributed by atoms with E-state index in [4.69, 9.17) is 0 Å². The molecular formula is C10H13F3N2O4S2. The van der Waals surface area contributed by atoms with E-state index in [0.717, 1.165) is 0 Å². The van der Waals surface area contributed by atoms with Crippen molar-refractivity contribution in [2.24, 2.45) is 0 Å². The summed E-state index contributed by atoms with van der Waals surface area (Å²) >= 11 is 0. The molecule has 2 N–H and O–H groups in total. The Bertz CT molecular complexity index is 720. The van der Waals surface area contributed by atoms with Crippen LogP contribution in [0.5, 0.6) is 0 Å². The molecule has 6 nitrogen and oxygen atoms in total. The topological polar surface area (TPSA) is 92.3 Å². The van der Waals surface area contributed by atoms with Gasteiger partial charge >= 0.3 is 0 Å². The Balaban J connectivity index is 2.77. The molecule has 21 heavy (non-hydrogen) atoms. The predicted octanol–water partition coefficient (Wildman–Crippen LogP) is 0.321. The normalized spacial score (nSPS) is 12.6. The second-order valence-corrected chi connectivity index (χ2v) is 7.72. The molecule has 0 bridgehead atoms. The van der Waals surface area contributed by atoms with Gasteiger partial charge in [0.1, 0.15) is 10.7 Å². The molecule has 0 amide bonds. The van der Waals surface area contributed by atoms with E-state index in [1.165, 1.54) is 6.92 Å². The van der Waals surface area contributed by atoms with Gasteiger partial charge in [-0.1, -0.05) is 0 Å². The van der Waals surface area contributed by atoms with E-state index in [0.29, 0.717) is 0 Å². The Hall–Kier alpha value is -1.17. The van der Waals surface area contributed by atoms with Crippen LogP contribution in [-0.2, 0) is 20.0 Å². The van der Waals surface area contributed by atoms with Gasteiger partial charge in [0.25, 0.3) is 0 Å². The van der Waals surface area contributed by atoms with E-state index in [-0.39, 0.29) is 31.0 Å². The van der Waals surface area contributed by atoms with Gasteiger partial charge in [0, 0.05) is 19.2 Å². The summed E-state index contributed by atoms with van der Waals surface area (Å²) in [5.41, 5.74) is 0. The quantitative estimate of drug-likeness (QED) is 0.549. The highest BCUT2D eigenvalue weighted by molar-refractivity contribution is 7.89. The maximum atomic E-state index is 13.3. The van der Waals surface area contributed by atoms with Crippen molar-refractivity contribution in [3.05, 3.63) is 29.6 Å². The van der Waals surface area contributed by atoms with Crippen LogP contribution in [0.4, 0.5) is 13.2 Å². The molecule has 1 aromatic carbocycles. The number of hydrogen-bond acceptors (Lipinski definition) is 4. The van der Waals surface area contributed by atoms with Crippen molar-refractivity contribution in [2.45, 2.75) is 11.8 Å². The summed E-state index contributed by atoms with van der Waals surface area (Å²) < 4.78 is 88.5. The van der Waals surface area contributed by atoms with E-state index >= 15 is 0 Å². The Kier molecular flexibility index (Phi) is 5.73. The minimum Gasteiger partial charge on any atom is -0.214 e. The van der Waals surface area contributed by atoms with Crippen LogP contribution in [0.1, 0.15) is 6.92 Å². The number of rotatable bonds is 7. The molecule has 1 rings (SSSR count). The number of sulfonamides is 2. The Morgan fingerprint density at radius 2 is 1.43 bits per heavy atom. The van der Waals surface area contributed by atoms with Crippen molar-refractivity contribution in [1.82, 2.24) is 9.44 Å². The summed E-state index contributed by atoms with van der Waals surface area (Å²) in [7, 11) is -7.91. The molecule has 0 fully saturated rings. The van der Waals surface area contributed by atoms with E-state index in [2.05, 4.69) is 4.72 Å². The van der Waals surface area contributed by atoms with Crippen molar-refractivity contribution in [2.75, 3.05) is 18.8 Å². The molecule has 11 heteroatoms. The first-order valence-electron chi connectivity index (χ1n) is 5.70. The summed E-state index contributed by atoms with van der Waals surface area (Å²) in [6, 6.07) is 0.326. The summed E-state index contributed by atoms with van der Waals surface area (Å²) in [4.78, 5) is -1.06. The molecule has 0 aromatic heterocycles. The number of nitrogens with one attached hydrogen (secondary N) is 2. The standard InChI is InChI=1S/C10H13F3N2O4S2/c1-2-20(16,17)14-3-4-15-21(18,19)10-6-8(12)7(11)5-9(10)13/h5-6,14-15H,2-4H2,1H3. The van der Waals surface area contributed by atoms with Crippen LogP contribution in [0, 0.1) is 17.5 Å². The van der Waals surface area contributed by atoms with Crippen LogP contribution in [0.3, 0.4) is 0 Å². The zero-order valence-electron chi connectivity index (χ0n) is 10.9. The lowest BCUT2D eigenvalue weighted by atomic mass is 10.3. The first-order chi connectivity index (χ1) is 9.59. The zero-order chi connectivity index (χ0) is 16.3. The fourth-order valence-electron chi connectivity index (χ4n) is 1.28. The molecular weight excluding hydrogens is 333 g/mol. The van der Waals surface area contributed by atoms with Gasteiger partial charge in [0.15, 0.2) is 11.6 Å². The first kappa shape index (κ1) is 17.9. The number of halogens is 3. The van der Waals surface area contributed by atoms with E-state index in [9.17, 15) is 30.0 Å². The molecule has 0 heterocycles. The van der Waals surface area contributed by atoms with Crippen LogP contribution in [0.2, 0.25) is 0 Å². The van der Waals surface area contributed by atoms with Crippen LogP contribution in [0.25, 0.3) is 0 Å². The Labute approximate surface area is 120 Å². The fraction of sp³-hybridized carbons (Fsp3) is 0.400. The highest BCUT2D eigenvalue weighted by Gasteiger charge is 2.21. The van der Waals surface area contributed by atoms with Crippen molar-refractivity contribution < 1.29 is 30.0 Å². The van der Waals surface area contributed by atoms with Gasteiger partial charge in [-0.3, -0.25) is 0 Å². The molecule has 0 saturated heterocycles. The van der Waals surface area contributed by atoms with Gasteiger partial charge in [0.2, 0.25) is 20.0 Å². The fourth-order valence-corrected chi connectivity index (χ4v) is 3.00. The summed E-state index contributed by atoms with van der Waals surface area (Å²) in [6.07, 6.45) is 0. The van der Waals surface area contributed by atoms with Crippen LogP contribution < -0.4 is 9.44 Å². The van der Waals surface area contributed by atoms with Crippen LogP contribution in [0.15, 0.2) is 17.0 Å². The van der Waals surface area contributed by atoms with Crippen LogP contribution in [-0.4, -0.2) is 35.7 Å². The summed E-state index contributed by atoms with van der Waals surface area (Å²) in [6.45, 7) is 0.754. The monoisotopic (exact) mass is 346 g/mol. The SMILES string of the molecule is CCS(=O)(=O)NCCNS(=O)(=O)c1cc(F)c(F)cc1F. The second kappa shape index (κ2) is 6.73. The minimum absolute atomic E-state index is 0.115. The van der Waals surface area contributed by atoms with Crippen molar-refractivity contribution in [3.63, 3.8) is 0 Å². The van der Waals surface area contributed by atoms with Gasteiger partial charge in [-0.2, -0.15) is 0 Å². The Morgan fingerprint density at radius 3 is 2.00 bits per heavy atom. The third-order valence-electron chi connectivity index (χ3n) is 2.38. The number of benzene rings is 1. The van der Waals surface area contributed by atoms with E-state index < -0.39 is 42.4 Å². The number of hydrogen-bond donors (Lipinski definition) is 2. The third kappa shape index (κ3) is 4.95. The molecule has 0 spiro atoms. The van der Waals surface area contributed by atoms with Crippen LogP contribution >= 0.6 is 0 Å². The largest absolute Gasteiger partial charge is 0.243 e. The molecule has 0 unspecified atom stereocenters. The summed E-state index contributed by atoms with van der Waals surface area (Å²) in [5.74, 6) is -4.65.